The number of rotatable bonds is 8. The van der Waals surface area contributed by atoms with Crippen molar-refractivity contribution < 1.29 is 30.0 Å². The lowest BCUT2D eigenvalue weighted by atomic mass is 10.1. The van der Waals surface area contributed by atoms with Crippen LogP contribution in [0.15, 0.2) is 53.5 Å². The predicted octanol–water partition coefficient (Wildman–Crippen LogP) is 0.628. The van der Waals surface area contributed by atoms with Gasteiger partial charge >= 0.3 is 17.6 Å². The zero-order valence-electron chi connectivity index (χ0n) is 20.2. The van der Waals surface area contributed by atoms with E-state index >= 15 is 0 Å². The van der Waals surface area contributed by atoms with E-state index in [1.165, 1.54) is 5.69 Å². The standard InChI is InChI=1S/C20H24ClN5O.C4H6O6/c1-16-15-24(18-7-4-6-17(21)14-18)13-12-23(16)9-5-11-26-20(27)25-10-3-2-8-19(25)22-26;5-1(3(7)8)2(6)4(9)10/h2-4,6-8,10,14,16H,5,9,11-13,15H2,1H3;1-2,5-6H,(H,7,8)(H,9,10)/t16-;1-,2-/m00/s1. The molecule has 3 aromatic rings. The number of carboxylic acids is 2. The minimum absolute atomic E-state index is 0.0653. The van der Waals surface area contributed by atoms with Gasteiger partial charge in [0, 0.05) is 55.7 Å². The van der Waals surface area contributed by atoms with Crippen molar-refractivity contribution in [3.05, 3.63) is 64.2 Å². The summed E-state index contributed by atoms with van der Waals surface area (Å²) >= 11 is 6.13. The number of aromatic nitrogens is 3. The SMILES string of the molecule is C[C@H]1CN(c2cccc(Cl)c2)CCN1CCCn1nc2ccccn2c1=O.O=C(O)[C@@H](O)[C@H](O)C(=O)O. The molecule has 12 nitrogen and oxygen atoms in total. The summed E-state index contributed by atoms with van der Waals surface area (Å²) in [6.45, 7) is 6.84. The van der Waals surface area contributed by atoms with E-state index in [1.807, 2.05) is 36.4 Å². The molecular weight excluding hydrogens is 506 g/mol. The second-order valence-corrected chi connectivity index (χ2v) is 9.10. The molecule has 37 heavy (non-hydrogen) atoms. The van der Waals surface area contributed by atoms with Gasteiger partial charge in [-0.15, -0.1) is 5.10 Å². The van der Waals surface area contributed by atoms with Gasteiger partial charge in [-0.2, -0.15) is 0 Å². The van der Waals surface area contributed by atoms with Crippen LogP contribution < -0.4 is 10.6 Å². The van der Waals surface area contributed by atoms with Crippen molar-refractivity contribution >= 4 is 34.9 Å². The van der Waals surface area contributed by atoms with Crippen molar-refractivity contribution in [3.63, 3.8) is 0 Å². The number of hydrogen-bond donors (Lipinski definition) is 4. The number of halogens is 1. The van der Waals surface area contributed by atoms with Crippen LogP contribution in [0.4, 0.5) is 5.69 Å². The Morgan fingerprint density at radius 2 is 1.76 bits per heavy atom. The first-order chi connectivity index (χ1) is 17.6. The summed E-state index contributed by atoms with van der Waals surface area (Å²) in [5.74, 6) is -3.54. The largest absolute Gasteiger partial charge is 0.479 e. The Bertz CT molecular complexity index is 1260. The first kappa shape index (κ1) is 28.1. The molecule has 4 N–H and O–H groups in total. The molecule has 200 valence electrons. The maximum absolute atomic E-state index is 12.3. The quantitative estimate of drug-likeness (QED) is 0.322. The zero-order valence-corrected chi connectivity index (χ0v) is 21.0. The number of piperazine rings is 1. The van der Waals surface area contributed by atoms with Crippen molar-refractivity contribution in [3.8, 4) is 0 Å². The van der Waals surface area contributed by atoms with Crippen molar-refractivity contribution in [1.82, 2.24) is 19.1 Å². The first-order valence-electron chi connectivity index (χ1n) is 11.7. The average Bonchev–Trinajstić information content (AvgIpc) is 3.19. The van der Waals surface area contributed by atoms with Gasteiger partial charge in [-0.1, -0.05) is 23.7 Å². The van der Waals surface area contributed by atoms with E-state index in [1.54, 1.807) is 15.3 Å². The van der Waals surface area contributed by atoms with E-state index in [0.717, 1.165) is 37.6 Å². The van der Waals surface area contributed by atoms with Gasteiger partial charge in [0.05, 0.1) is 0 Å². The lowest BCUT2D eigenvalue weighted by Gasteiger charge is -2.41. The number of aryl methyl sites for hydroxylation is 1. The Labute approximate surface area is 217 Å². The highest BCUT2D eigenvalue weighted by molar-refractivity contribution is 6.30. The number of benzene rings is 1. The second-order valence-electron chi connectivity index (χ2n) is 8.67. The number of aliphatic hydroxyl groups excluding tert-OH is 2. The fraction of sp³-hybridized carbons (Fsp3) is 0.417. The smallest absolute Gasteiger partial charge is 0.350 e. The van der Waals surface area contributed by atoms with Gasteiger partial charge in [-0.3, -0.25) is 9.30 Å². The molecule has 1 saturated heterocycles. The predicted molar refractivity (Wildman–Crippen MR) is 136 cm³/mol. The Hall–Kier alpha value is -3.45. The van der Waals surface area contributed by atoms with Crippen LogP contribution in [0, 0.1) is 0 Å². The lowest BCUT2D eigenvalue weighted by molar-refractivity contribution is -0.165. The van der Waals surface area contributed by atoms with Gasteiger partial charge in [-0.05, 0) is 43.7 Å². The number of anilines is 1. The lowest BCUT2D eigenvalue weighted by Crippen LogP contribution is -2.52. The number of carboxylic acid groups (broad SMARTS) is 2. The summed E-state index contributed by atoms with van der Waals surface area (Å²) in [5.41, 5.74) is 1.82. The molecule has 1 aromatic carbocycles. The van der Waals surface area contributed by atoms with Crippen LogP contribution in [0.1, 0.15) is 13.3 Å². The molecule has 0 radical (unpaired) electrons. The van der Waals surface area contributed by atoms with Gasteiger partial charge in [0.2, 0.25) is 0 Å². The molecule has 0 saturated carbocycles. The van der Waals surface area contributed by atoms with E-state index in [2.05, 4.69) is 27.9 Å². The van der Waals surface area contributed by atoms with Gasteiger partial charge in [0.1, 0.15) is 0 Å². The van der Waals surface area contributed by atoms with Crippen molar-refractivity contribution in [2.45, 2.75) is 38.1 Å². The maximum atomic E-state index is 12.3. The van der Waals surface area contributed by atoms with E-state index in [0.29, 0.717) is 18.2 Å². The van der Waals surface area contributed by atoms with Gasteiger partial charge in [0.15, 0.2) is 17.9 Å². The Morgan fingerprint density at radius 1 is 1.05 bits per heavy atom. The van der Waals surface area contributed by atoms with E-state index < -0.39 is 24.1 Å². The van der Waals surface area contributed by atoms with Crippen LogP contribution in [0.2, 0.25) is 5.02 Å². The first-order valence-corrected chi connectivity index (χ1v) is 12.1. The molecule has 0 amide bonds. The summed E-state index contributed by atoms with van der Waals surface area (Å²) in [4.78, 5) is 36.8. The summed E-state index contributed by atoms with van der Waals surface area (Å²) in [7, 11) is 0. The molecule has 0 unspecified atom stereocenters. The Morgan fingerprint density at radius 3 is 2.35 bits per heavy atom. The van der Waals surface area contributed by atoms with E-state index in [-0.39, 0.29) is 5.69 Å². The third-order valence-electron chi connectivity index (χ3n) is 6.05. The van der Waals surface area contributed by atoms with Crippen LogP contribution in [-0.2, 0) is 16.1 Å². The second kappa shape index (κ2) is 12.7. The molecule has 2 aromatic heterocycles. The van der Waals surface area contributed by atoms with E-state index in [9.17, 15) is 14.4 Å². The van der Waals surface area contributed by atoms with E-state index in [4.69, 9.17) is 32.0 Å². The Balaban J connectivity index is 0.000000325. The van der Waals surface area contributed by atoms with Gasteiger partial charge in [0.25, 0.3) is 0 Å². The topological polar surface area (TPSA) is 161 Å². The molecule has 3 atom stereocenters. The maximum Gasteiger partial charge on any atom is 0.350 e. The van der Waals surface area contributed by atoms with Crippen LogP contribution in [0.3, 0.4) is 0 Å². The van der Waals surface area contributed by atoms with Crippen LogP contribution >= 0.6 is 11.6 Å². The summed E-state index contributed by atoms with van der Waals surface area (Å²) in [6, 6.07) is 14.1. The average molecular weight is 536 g/mol. The fourth-order valence-electron chi connectivity index (χ4n) is 4.04. The highest BCUT2D eigenvalue weighted by atomic mass is 35.5. The summed E-state index contributed by atoms with van der Waals surface area (Å²) in [6.07, 6.45) is -1.86. The highest BCUT2D eigenvalue weighted by Gasteiger charge is 2.29. The molecule has 4 rings (SSSR count). The molecule has 0 bridgehead atoms. The normalized spacial score (nSPS) is 17.6. The molecule has 0 aliphatic carbocycles. The number of aliphatic hydroxyl groups is 2. The number of nitrogens with zero attached hydrogens (tertiary/aromatic N) is 5. The molecule has 1 aliphatic rings. The molecular formula is C24H30ClN5O7. The fourth-order valence-corrected chi connectivity index (χ4v) is 4.23. The molecule has 3 heterocycles. The molecule has 13 heteroatoms. The molecule has 1 aliphatic heterocycles. The third kappa shape index (κ3) is 7.29. The van der Waals surface area contributed by atoms with Crippen LogP contribution in [-0.4, -0.2) is 95.9 Å². The number of hydrogen-bond acceptors (Lipinski definition) is 8. The molecule has 1 fully saturated rings. The highest BCUT2D eigenvalue weighted by Crippen LogP contribution is 2.22. The minimum atomic E-state index is -2.27. The number of pyridine rings is 1. The third-order valence-corrected chi connectivity index (χ3v) is 6.28. The van der Waals surface area contributed by atoms with Gasteiger partial charge in [-0.25, -0.2) is 19.1 Å². The number of fused-ring (bicyclic) bond motifs is 1. The monoisotopic (exact) mass is 535 g/mol. The van der Waals surface area contributed by atoms with Crippen LogP contribution in [0.5, 0.6) is 0 Å². The van der Waals surface area contributed by atoms with Crippen LogP contribution in [0.25, 0.3) is 5.65 Å². The van der Waals surface area contributed by atoms with Crippen molar-refractivity contribution in [2.75, 3.05) is 31.1 Å². The number of aliphatic carboxylic acids is 2. The Kier molecular flexibility index (Phi) is 9.64. The van der Waals surface area contributed by atoms with Gasteiger partial charge < -0.3 is 25.3 Å². The zero-order chi connectivity index (χ0) is 27.1. The van der Waals surface area contributed by atoms with Crippen molar-refractivity contribution in [1.29, 1.82) is 0 Å². The molecule has 0 spiro atoms. The summed E-state index contributed by atoms with van der Waals surface area (Å²) < 4.78 is 3.16. The summed E-state index contributed by atoms with van der Waals surface area (Å²) in [5, 5.41) is 37.7. The van der Waals surface area contributed by atoms with Crippen molar-refractivity contribution in [2.24, 2.45) is 0 Å². The minimum Gasteiger partial charge on any atom is -0.479 e. The number of carbonyl (C=O) groups is 2.